The molecule has 9 heteroatoms. The molecule has 2 aromatic carbocycles. The monoisotopic (exact) mass is 494 g/mol. The van der Waals surface area contributed by atoms with Crippen LogP contribution in [0, 0.1) is 6.92 Å². The number of benzene rings is 2. The van der Waals surface area contributed by atoms with Gasteiger partial charge in [0.15, 0.2) is 18.1 Å². The van der Waals surface area contributed by atoms with Crippen LogP contribution in [0.5, 0.6) is 17.2 Å². The lowest BCUT2D eigenvalue weighted by molar-refractivity contribution is -0.136. The second-order valence-corrected chi connectivity index (χ2v) is 8.80. The van der Waals surface area contributed by atoms with Gasteiger partial charge in [0.25, 0.3) is 5.91 Å². The van der Waals surface area contributed by atoms with Gasteiger partial charge in [-0.05, 0) is 53.8 Å². The van der Waals surface area contributed by atoms with E-state index in [4.69, 9.17) is 18.9 Å². The van der Waals surface area contributed by atoms with Crippen LogP contribution in [0.15, 0.2) is 59.0 Å². The SMILES string of the molecule is COc1cc(C(=O)OCC(=O)N2N=C(c3cccs3)CC2c2ccc(OC)c(OC)c2)ccc1C. The van der Waals surface area contributed by atoms with Crippen LogP contribution in [0.4, 0.5) is 0 Å². The van der Waals surface area contributed by atoms with Gasteiger partial charge in [0, 0.05) is 6.42 Å². The van der Waals surface area contributed by atoms with E-state index in [1.807, 2.05) is 36.6 Å². The van der Waals surface area contributed by atoms with Crippen LogP contribution in [0.1, 0.15) is 38.8 Å². The molecule has 0 spiro atoms. The fraction of sp³-hybridized carbons (Fsp3) is 0.269. The van der Waals surface area contributed by atoms with Crippen molar-refractivity contribution in [2.45, 2.75) is 19.4 Å². The first-order chi connectivity index (χ1) is 16.9. The fourth-order valence-electron chi connectivity index (χ4n) is 3.88. The van der Waals surface area contributed by atoms with Crippen molar-refractivity contribution in [3.63, 3.8) is 0 Å². The Hall–Kier alpha value is -3.85. The number of rotatable bonds is 8. The van der Waals surface area contributed by atoms with Crippen LogP contribution in [0.3, 0.4) is 0 Å². The highest BCUT2D eigenvalue weighted by atomic mass is 32.1. The number of carbonyl (C=O) groups is 2. The number of ether oxygens (including phenoxy) is 4. The lowest BCUT2D eigenvalue weighted by Gasteiger charge is -2.22. The number of hydrogen-bond acceptors (Lipinski definition) is 8. The molecule has 0 saturated heterocycles. The molecule has 1 amide bonds. The summed E-state index contributed by atoms with van der Waals surface area (Å²) in [5, 5.41) is 7.96. The predicted octanol–water partition coefficient (Wildman–Crippen LogP) is 4.62. The zero-order valence-corrected chi connectivity index (χ0v) is 20.8. The number of hydrazone groups is 1. The van der Waals surface area contributed by atoms with E-state index in [9.17, 15) is 9.59 Å². The lowest BCUT2D eigenvalue weighted by Crippen LogP contribution is -2.31. The first-order valence-electron chi connectivity index (χ1n) is 10.9. The molecule has 0 aliphatic carbocycles. The molecule has 1 aliphatic rings. The molecule has 182 valence electrons. The van der Waals surface area contributed by atoms with Gasteiger partial charge in [-0.3, -0.25) is 4.79 Å². The largest absolute Gasteiger partial charge is 0.496 e. The Morgan fingerprint density at radius 3 is 2.46 bits per heavy atom. The summed E-state index contributed by atoms with van der Waals surface area (Å²) in [6.45, 7) is 1.43. The summed E-state index contributed by atoms with van der Waals surface area (Å²) >= 11 is 1.55. The van der Waals surface area contributed by atoms with Crippen molar-refractivity contribution >= 4 is 28.9 Å². The second kappa shape index (κ2) is 10.6. The molecule has 4 rings (SSSR count). The van der Waals surface area contributed by atoms with Crippen LogP contribution < -0.4 is 14.2 Å². The van der Waals surface area contributed by atoms with Gasteiger partial charge < -0.3 is 18.9 Å². The minimum atomic E-state index is -0.610. The Morgan fingerprint density at radius 1 is 1.00 bits per heavy atom. The van der Waals surface area contributed by atoms with E-state index in [0.29, 0.717) is 29.2 Å². The van der Waals surface area contributed by atoms with Crippen molar-refractivity contribution in [1.29, 1.82) is 0 Å². The van der Waals surface area contributed by atoms with E-state index in [1.165, 1.54) is 12.1 Å². The number of aryl methyl sites for hydroxylation is 1. The molecule has 0 bridgehead atoms. The van der Waals surface area contributed by atoms with Gasteiger partial charge in [-0.1, -0.05) is 18.2 Å². The molecule has 0 fully saturated rings. The minimum Gasteiger partial charge on any atom is -0.496 e. The first-order valence-corrected chi connectivity index (χ1v) is 11.8. The Balaban J connectivity index is 1.55. The number of esters is 1. The normalized spacial score (nSPS) is 14.9. The second-order valence-electron chi connectivity index (χ2n) is 7.86. The van der Waals surface area contributed by atoms with Crippen molar-refractivity contribution in [3.8, 4) is 17.2 Å². The topological polar surface area (TPSA) is 86.7 Å². The summed E-state index contributed by atoms with van der Waals surface area (Å²) in [6.07, 6.45) is 0.519. The Labute approximate surface area is 207 Å². The van der Waals surface area contributed by atoms with E-state index >= 15 is 0 Å². The van der Waals surface area contributed by atoms with Crippen LogP contribution >= 0.6 is 11.3 Å². The number of amides is 1. The molecular formula is C26H26N2O6S. The Bertz CT molecular complexity index is 1250. The maximum absolute atomic E-state index is 13.2. The number of carbonyl (C=O) groups excluding carboxylic acids is 2. The van der Waals surface area contributed by atoms with E-state index in [-0.39, 0.29) is 6.04 Å². The molecule has 0 saturated carbocycles. The number of thiophene rings is 1. The van der Waals surface area contributed by atoms with Gasteiger partial charge in [0.05, 0.1) is 43.5 Å². The number of hydrogen-bond donors (Lipinski definition) is 0. The van der Waals surface area contributed by atoms with Crippen molar-refractivity contribution in [3.05, 3.63) is 75.5 Å². The highest BCUT2D eigenvalue weighted by Gasteiger charge is 2.34. The fourth-order valence-corrected chi connectivity index (χ4v) is 4.60. The maximum Gasteiger partial charge on any atom is 0.338 e. The summed E-state index contributed by atoms with van der Waals surface area (Å²) in [5.41, 5.74) is 2.83. The molecule has 0 N–H and O–H groups in total. The molecule has 3 aromatic rings. The Kier molecular flexibility index (Phi) is 7.36. The standard InChI is InChI=1S/C26H26N2O6S/c1-16-7-8-18(13-22(16)32-3)26(30)34-15-25(29)28-20(14-19(27-28)24-6-5-11-35-24)17-9-10-21(31-2)23(12-17)33-4/h5-13,20H,14-15H2,1-4H3. The summed E-state index contributed by atoms with van der Waals surface area (Å²) in [4.78, 5) is 26.8. The van der Waals surface area contributed by atoms with Crippen molar-refractivity contribution in [2.75, 3.05) is 27.9 Å². The quantitative estimate of drug-likeness (QED) is 0.425. The van der Waals surface area contributed by atoms with Gasteiger partial charge in [0.2, 0.25) is 0 Å². The van der Waals surface area contributed by atoms with E-state index in [0.717, 1.165) is 21.7 Å². The highest BCUT2D eigenvalue weighted by molar-refractivity contribution is 7.12. The molecule has 2 heterocycles. The highest BCUT2D eigenvalue weighted by Crippen LogP contribution is 2.38. The van der Waals surface area contributed by atoms with Crippen LogP contribution in [-0.4, -0.2) is 50.5 Å². The van der Waals surface area contributed by atoms with Gasteiger partial charge in [-0.25, -0.2) is 9.80 Å². The zero-order valence-electron chi connectivity index (χ0n) is 19.9. The van der Waals surface area contributed by atoms with Gasteiger partial charge in [-0.15, -0.1) is 11.3 Å². The van der Waals surface area contributed by atoms with Gasteiger partial charge in [-0.2, -0.15) is 5.10 Å². The van der Waals surface area contributed by atoms with Crippen molar-refractivity contribution in [1.82, 2.24) is 5.01 Å². The number of methoxy groups -OCH3 is 3. The smallest absolute Gasteiger partial charge is 0.338 e. The third-order valence-corrected chi connectivity index (χ3v) is 6.65. The van der Waals surface area contributed by atoms with Crippen molar-refractivity contribution in [2.24, 2.45) is 5.10 Å². The predicted molar refractivity (Wildman–Crippen MR) is 133 cm³/mol. The van der Waals surface area contributed by atoms with Crippen LogP contribution in [0.25, 0.3) is 0 Å². The molecule has 8 nitrogen and oxygen atoms in total. The molecule has 1 unspecified atom stereocenters. The molecular weight excluding hydrogens is 468 g/mol. The molecule has 1 atom stereocenters. The van der Waals surface area contributed by atoms with E-state index in [2.05, 4.69) is 5.10 Å². The minimum absolute atomic E-state index is 0.306. The Morgan fingerprint density at radius 2 is 1.77 bits per heavy atom. The molecule has 35 heavy (non-hydrogen) atoms. The van der Waals surface area contributed by atoms with Crippen molar-refractivity contribution < 1.29 is 28.5 Å². The molecule has 1 aromatic heterocycles. The van der Waals surface area contributed by atoms with Crippen LogP contribution in [0.2, 0.25) is 0 Å². The third-order valence-electron chi connectivity index (χ3n) is 5.73. The lowest BCUT2D eigenvalue weighted by atomic mass is 10.0. The molecule has 1 aliphatic heterocycles. The van der Waals surface area contributed by atoms with Gasteiger partial charge >= 0.3 is 5.97 Å². The maximum atomic E-state index is 13.2. The summed E-state index contributed by atoms with van der Waals surface area (Å²) in [5.74, 6) is 0.685. The average molecular weight is 495 g/mol. The number of nitrogens with zero attached hydrogens (tertiary/aromatic N) is 2. The first kappa shape index (κ1) is 24.3. The van der Waals surface area contributed by atoms with E-state index < -0.39 is 18.5 Å². The van der Waals surface area contributed by atoms with Gasteiger partial charge in [0.1, 0.15) is 5.75 Å². The van der Waals surface area contributed by atoms with Crippen LogP contribution in [-0.2, 0) is 9.53 Å². The zero-order chi connectivity index (χ0) is 24.9. The molecule has 0 radical (unpaired) electrons. The van der Waals surface area contributed by atoms with E-state index in [1.54, 1.807) is 49.8 Å². The third kappa shape index (κ3) is 5.14. The average Bonchev–Trinajstić information content (AvgIpc) is 3.57. The summed E-state index contributed by atoms with van der Waals surface area (Å²) in [7, 11) is 4.66. The summed E-state index contributed by atoms with van der Waals surface area (Å²) in [6, 6.07) is 14.0. The summed E-state index contributed by atoms with van der Waals surface area (Å²) < 4.78 is 21.4.